The number of rotatable bonds is 14. The zero-order valence-corrected chi connectivity index (χ0v) is 34.0. The molecule has 0 aliphatic carbocycles. The lowest BCUT2D eigenvalue weighted by Gasteiger charge is -2.34. The molecule has 4 atom stereocenters. The number of hydrogen-bond donors (Lipinski definition) is 3. The molecule has 0 spiro atoms. The second-order valence-electron chi connectivity index (χ2n) is 15.4. The fraction of sp³-hybridized carbons (Fsp3) is 0.319. The predicted octanol–water partition coefficient (Wildman–Crippen LogP) is 7.65. The van der Waals surface area contributed by atoms with Crippen LogP contribution in [0.25, 0.3) is 33.6 Å². The first kappa shape index (κ1) is 40.2. The SMILES string of the molecule is CCN(CC)C(C(=O)N1CCCC1c1ncc(-c2ccc(-c3ccc(-c4cnc([C@@H]5CCCN5C(=O)[C@H](Cc5cccnc5)OC(N)=O)[nH]4)cc3)cc2)[nH]1)c1ccccc1. The lowest BCUT2D eigenvalue weighted by atomic mass is 10.0. The average Bonchev–Trinajstić information content (AvgIpc) is 4.13. The zero-order valence-electron chi connectivity index (χ0n) is 34.0. The topological polar surface area (TPSA) is 166 Å². The number of likely N-dealkylation sites (N-methyl/N-ethyl adjacent to an activating group) is 1. The van der Waals surface area contributed by atoms with Crippen LogP contribution < -0.4 is 5.73 Å². The van der Waals surface area contributed by atoms with Crippen LogP contribution in [0.1, 0.15) is 80.4 Å². The lowest BCUT2D eigenvalue weighted by Crippen LogP contribution is -2.43. The Morgan fingerprint density at radius 3 is 1.75 bits per heavy atom. The van der Waals surface area contributed by atoms with E-state index in [0.717, 1.165) is 89.4 Å². The van der Waals surface area contributed by atoms with Gasteiger partial charge in [0, 0.05) is 31.9 Å². The molecule has 13 nitrogen and oxygen atoms in total. The van der Waals surface area contributed by atoms with Crippen molar-refractivity contribution >= 4 is 17.9 Å². The van der Waals surface area contributed by atoms with Gasteiger partial charge in [-0.15, -0.1) is 0 Å². The van der Waals surface area contributed by atoms with Crippen molar-refractivity contribution in [1.82, 2.24) is 39.6 Å². The van der Waals surface area contributed by atoms with Crippen LogP contribution in [0, 0.1) is 0 Å². The van der Waals surface area contributed by atoms with E-state index in [1.54, 1.807) is 29.6 Å². The van der Waals surface area contributed by atoms with Crippen molar-refractivity contribution in [2.75, 3.05) is 26.2 Å². The molecule has 5 heterocycles. The van der Waals surface area contributed by atoms with Crippen LogP contribution in [-0.2, 0) is 20.7 Å². The molecule has 0 saturated carbocycles. The second kappa shape index (κ2) is 18.1. The van der Waals surface area contributed by atoms with Gasteiger partial charge < -0.3 is 30.2 Å². The first-order valence-electron chi connectivity index (χ1n) is 20.9. The Bertz CT molecular complexity index is 2380. The van der Waals surface area contributed by atoms with Crippen molar-refractivity contribution in [2.45, 2.75) is 70.2 Å². The highest BCUT2D eigenvalue weighted by atomic mass is 16.6. The van der Waals surface area contributed by atoms with Crippen molar-refractivity contribution < 1.29 is 19.1 Å². The molecule has 2 aliphatic rings. The number of ether oxygens (including phenoxy) is 1. The standard InChI is InChI=1S/C47H51N9O4/c1-3-54(4-2)42(36-12-6-5-7-13-36)46(58)56-26-10-15-40(56)44-51-30-38(53-44)35-22-18-33(19-23-35)32-16-20-34(21-17-32)37-29-50-43(52-37)39-14-9-25-55(39)45(57)41(60-47(48)59)27-31-11-8-24-49-28-31/h5-8,11-13,16-24,28-30,39-42H,3-4,9-10,14-15,25-27H2,1-2H3,(H2,48,59)(H,50,52)(H,51,53)/t39-,40?,41-,42?/m0/s1. The number of nitrogens with two attached hydrogens (primary N) is 1. The summed E-state index contributed by atoms with van der Waals surface area (Å²) in [6, 6.07) is 29.7. The maximum absolute atomic E-state index is 14.2. The maximum Gasteiger partial charge on any atom is 0.405 e. The fourth-order valence-electron chi connectivity index (χ4n) is 8.75. The average molecular weight is 806 g/mol. The zero-order chi connectivity index (χ0) is 41.6. The Balaban J connectivity index is 0.924. The molecular weight excluding hydrogens is 755 g/mol. The summed E-state index contributed by atoms with van der Waals surface area (Å²) >= 11 is 0. The third-order valence-corrected chi connectivity index (χ3v) is 11.8. The summed E-state index contributed by atoms with van der Waals surface area (Å²) in [5.41, 5.74) is 13.0. The Morgan fingerprint density at radius 2 is 1.25 bits per heavy atom. The van der Waals surface area contributed by atoms with E-state index in [0.29, 0.717) is 18.9 Å². The van der Waals surface area contributed by atoms with Crippen LogP contribution in [0.2, 0.25) is 0 Å². The number of amides is 3. The van der Waals surface area contributed by atoms with Gasteiger partial charge >= 0.3 is 6.09 Å². The summed E-state index contributed by atoms with van der Waals surface area (Å²) in [6.45, 7) is 7.02. The third-order valence-electron chi connectivity index (χ3n) is 11.8. The number of likely N-dealkylation sites (tertiary alicyclic amines) is 2. The summed E-state index contributed by atoms with van der Waals surface area (Å²) in [5, 5.41) is 0. The molecule has 2 saturated heterocycles. The smallest absolute Gasteiger partial charge is 0.405 e. The highest BCUT2D eigenvalue weighted by Gasteiger charge is 2.39. The first-order chi connectivity index (χ1) is 29.3. The number of primary amides is 1. The van der Waals surface area contributed by atoms with Gasteiger partial charge in [-0.25, -0.2) is 14.8 Å². The van der Waals surface area contributed by atoms with Crippen LogP contribution in [-0.4, -0.2) is 89.8 Å². The number of carbonyl (C=O) groups excluding carboxylic acids is 3. The minimum absolute atomic E-state index is 0.102. The minimum atomic E-state index is -1.06. The van der Waals surface area contributed by atoms with E-state index in [9.17, 15) is 14.4 Å². The van der Waals surface area contributed by atoms with Gasteiger partial charge in [0.15, 0.2) is 6.10 Å². The van der Waals surface area contributed by atoms with Gasteiger partial charge in [-0.1, -0.05) is 98.8 Å². The van der Waals surface area contributed by atoms with E-state index in [2.05, 4.69) is 99.3 Å². The highest BCUT2D eigenvalue weighted by molar-refractivity contribution is 5.85. The van der Waals surface area contributed by atoms with E-state index >= 15 is 0 Å². The molecule has 4 N–H and O–H groups in total. The molecule has 2 aliphatic heterocycles. The molecule has 60 heavy (non-hydrogen) atoms. The number of aromatic nitrogens is 5. The molecule has 13 heteroatoms. The Labute approximate surface area is 350 Å². The van der Waals surface area contributed by atoms with Crippen molar-refractivity contribution in [3.05, 3.63) is 139 Å². The molecule has 2 unspecified atom stereocenters. The molecule has 6 aromatic rings. The van der Waals surface area contributed by atoms with E-state index in [4.69, 9.17) is 15.5 Å². The number of pyridine rings is 1. The minimum Gasteiger partial charge on any atom is -0.436 e. The van der Waals surface area contributed by atoms with Crippen LogP contribution in [0.4, 0.5) is 4.79 Å². The molecule has 2 fully saturated rings. The summed E-state index contributed by atoms with van der Waals surface area (Å²) in [4.78, 5) is 66.3. The number of hydrogen-bond acceptors (Lipinski definition) is 8. The first-order valence-corrected chi connectivity index (χ1v) is 20.9. The van der Waals surface area contributed by atoms with Gasteiger partial charge in [0.25, 0.3) is 5.91 Å². The van der Waals surface area contributed by atoms with E-state index in [-0.39, 0.29) is 36.4 Å². The number of aromatic amines is 2. The Kier molecular flexibility index (Phi) is 12.1. The van der Waals surface area contributed by atoms with E-state index in [1.165, 1.54) is 0 Å². The van der Waals surface area contributed by atoms with Crippen molar-refractivity contribution in [1.29, 1.82) is 0 Å². The molecule has 3 aromatic heterocycles. The van der Waals surface area contributed by atoms with Crippen molar-refractivity contribution in [3.8, 4) is 33.6 Å². The van der Waals surface area contributed by atoms with Gasteiger partial charge in [0.2, 0.25) is 5.91 Å². The molecule has 308 valence electrons. The normalized spacial score (nSPS) is 17.5. The second-order valence-corrected chi connectivity index (χ2v) is 15.4. The van der Waals surface area contributed by atoms with Crippen LogP contribution in [0.3, 0.4) is 0 Å². The van der Waals surface area contributed by atoms with Crippen molar-refractivity contribution in [3.63, 3.8) is 0 Å². The quantitative estimate of drug-likeness (QED) is 0.101. The van der Waals surface area contributed by atoms with Crippen molar-refractivity contribution in [2.24, 2.45) is 5.73 Å². The summed E-state index contributed by atoms with van der Waals surface area (Å²) in [6.07, 6.45) is 8.41. The third kappa shape index (κ3) is 8.57. The molecule has 0 bridgehead atoms. The molecule has 3 aromatic carbocycles. The van der Waals surface area contributed by atoms with Gasteiger partial charge in [-0.3, -0.25) is 19.5 Å². The van der Waals surface area contributed by atoms with Gasteiger partial charge in [-0.2, -0.15) is 0 Å². The predicted molar refractivity (Wildman–Crippen MR) is 229 cm³/mol. The number of carbonyl (C=O) groups is 3. The lowest BCUT2D eigenvalue weighted by molar-refractivity contribution is -0.141. The highest BCUT2D eigenvalue weighted by Crippen LogP contribution is 2.37. The van der Waals surface area contributed by atoms with Gasteiger partial charge in [0.1, 0.15) is 17.7 Å². The summed E-state index contributed by atoms with van der Waals surface area (Å²) in [5.74, 6) is 1.32. The number of nitrogens with zero attached hydrogens (tertiary/aromatic N) is 6. The Morgan fingerprint density at radius 1 is 0.717 bits per heavy atom. The largest absolute Gasteiger partial charge is 0.436 e. The fourth-order valence-corrected chi connectivity index (χ4v) is 8.75. The number of nitrogens with one attached hydrogen (secondary N) is 2. The summed E-state index contributed by atoms with van der Waals surface area (Å²) in [7, 11) is 0. The number of H-pyrrole nitrogens is 2. The molecule has 8 rings (SSSR count). The molecule has 3 amide bonds. The maximum atomic E-state index is 14.2. The van der Waals surface area contributed by atoms with Crippen LogP contribution in [0.15, 0.2) is 116 Å². The monoisotopic (exact) mass is 805 g/mol. The van der Waals surface area contributed by atoms with E-state index < -0.39 is 12.2 Å². The van der Waals surface area contributed by atoms with Crippen LogP contribution in [0.5, 0.6) is 0 Å². The van der Waals surface area contributed by atoms with Crippen LogP contribution >= 0.6 is 0 Å². The van der Waals surface area contributed by atoms with E-state index in [1.807, 2.05) is 35.4 Å². The van der Waals surface area contributed by atoms with Gasteiger partial charge in [-0.05, 0) is 78.2 Å². The van der Waals surface area contributed by atoms with Gasteiger partial charge in [0.05, 0.1) is 35.9 Å². The Hall–Kier alpha value is -6.60. The number of imidazole rings is 2. The number of benzene rings is 3. The molecular formula is C47H51N9O4. The molecule has 0 radical (unpaired) electrons. The summed E-state index contributed by atoms with van der Waals surface area (Å²) < 4.78 is 5.30.